The number of furan rings is 1. The third-order valence-corrected chi connectivity index (χ3v) is 2.90. The first-order valence-corrected chi connectivity index (χ1v) is 5.61. The van der Waals surface area contributed by atoms with E-state index >= 15 is 0 Å². The van der Waals surface area contributed by atoms with Crippen molar-refractivity contribution in [2.75, 3.05) is 7.11 Å². The van der Waals surface area contributed by atoms with Crippen LogP contribution in [0.15, 0.2) is 41.2 Å². The van der Waals surface area contributed by atoms with Crippen LogP contribution in [0, 0.1) is 0 Å². The van der Waals surface area contributed by atoms with E-state index in [0.29, 0.717) is 22.8 Å². The molecule has 0 bridgehead atoms. The Kier molecular flexibility index (Phi) is 3.71. The summed E-state index contributed by atoms with van der Waals surface area (Å²) in [6, 6.07) is 7.11. The molecule has 3 nitrogen and oxygen atoms in total. The Morgan fingerprint density at radius 3 is 2.88 bits per heavy atom. The van der Waals surface area contributed by atoms with Crippen LogP contribution < -0.4 is 4.74 Å². The van der Waals surface area contributed by atoms with Crippen LogP contribution in [-0.2, 0) is 6.42 Å². The molecule has 0 saturated carbocycles. The third-order valence-electron chi connectivity index (χ3n) is 2.58. The molecular formula is C13H13ClO3. The van der Waals surface area contributed by atoms with Crippen molar-refractivity contribution in [2.24, 2.45) is 0 Å². The number of methoxy groups -OCH3 is 1. The van der Waals surface area contributed by atoms with Gasteiger partial charge in [-0.05, 0) is 23.8 Å². The lowest BCUT2D eigenvalue weighted by Gasteiger charge is -2.15. The molecule has 0 saturated heterocycles. The summed E-state index contributed by atoms with van der Waals surface area (Å²) in [6.07, 6.45) is 2.91. The highest BCUT2D eigenvalue weighted by Crippen LogP contribution is 2.33. The minimum atomic E-state index is -0.712. The van der Waals surface area contributed by atoms with E-state index in [4.69, 9.17) is 20.8 Å². The summed E-state index contributed by atoms with van der Waals surface area (Å²) in [7, 11) is 1.56. The molecule has 17 heavy (non-hydrogen) atoms. The van der Waals surface area contributed by atoms with Crippen molar-refractivity contribution in [3.05, 3.63) is 52.9 Å². The Hall–Kier alpha value is -1.45. The van der Waals surface area contributed by atoms with Gasteiger partial charge in [0.1, 0.15) is 5.75 Å². The molecular weight excluding hydrogens is 240 g/mol. The molecule has 1 unspecified atom stereocenters. The molecule has 4 heteroatoms. The van der Waals surface area contributed by atoms with Gasteiger partial charge in [-0.25, -0.2) is 0 Å². The Morgan fingerprint density at radius 2 is 2.24 bits per heavy atom. The quantitative estimate of drug-likeness (QED) is 0.909. The first-order valence-electron chi connectivity index (χ1n) is 5.24. The van der Waals surface area contributed by atoms with Crippen molar-refractivity contribution in [3.63, 3.8) is 0 Å². The number of benzene rings is 1. The third kappa shape index (κ3) is 2.62. The van der Waals surface area contributed by atoms with Gasteiger partial charge in [0.25, 0.3) is 0 Å². The molecule has 0 radical (unpaired) electrons. The zero-order chi connectivity index (χ0) is 12.3. The largest absolute Gasteiger partial charge is 0.496 e. The Labute approximate surface area is 105 Å². The van der Waals surface area contributed by atoms with Crippen LogP contribution in [0.25, 0.3) is 0 Å². The fourth-order valence-electron chi connectivity index (χ4n) is 1.75. The van der Waals surface area contributed by atoms with Gasteiger partial charge in [-0.3, -0.25) is 0 Å². The van der Waals surface area contributed by atoms with Crippen LogP contribution in [0.4, 0.5) is 0 Å². The van der Waals surface area contributed by atoms with Gasteiger partial charge < -0.3 is 14.3 Å². The zero-order valence-corrected chi connectivity index (χ0v) is 10.1. The lowest BCUT2D eigenvalue weighted by molar-refractivity contribution is 0.174. The van der Waals surface area contributed by atoms with Gasteiger partial charge in [-0.15, -0.1) is 0 Å². The van der Waals surface area contributed by atoms with E-state index in [-0.39, 0.29) is 0 Å². The number of ether oxygens (including phenoxy) is 1. The summed E-state index contributed by atoms with van der Waals surface area (Å²) in [5.41, 5.74) is 1.53. The van der Waals surface area contributed by atoms with Crippen LogP contribution in [0.5, 0.6) is 5.75 Å². The fourth-order valence-corrected chi connectivity index (χ4v) is 2.04. The van der Waals surface area contributed by atoms with Crippen LogP contribution in [0.2, 0.25) is 5.02 Å². The molecule has 1 N–H and O–H groups in total. The number of rotatable bonds is 4. The predicted octanol–water partition coefficient (Wildman–Crippen LogP) is 3.22. The maximum atomic E-state index is 10.2. The monoisotopic (exact) mass is 252 g/mol. The minimum Gasteiger partial charge on any atom is -0.496 e. The highest BCUT2D eigenvalue weighted by atomic mass is 35.5. The average molecular weight is 253 g/mol. The summed E-state index contributed by atoms with van der Waals surface area (Å²) < 4.78 is 10.2. The highest BCUT2D eigenvalue weighted by molar-refractivity contribution is 6.31. The van der Waals surface area contributed by atoms with E-state index in [1.165, 1.54) is 0 Å². The van der Waals surface area contributed by atoms with Gasteiger partial charge in [0.05, 0.1) is 30.8 Å². The first kappa shape index (κ1) is 12.0. The van der Waals surface area contributed by atoms with Crippen LogP contribution >= 0.6 is 11.6 Å². The molecule has 1 heterocycles. The van der Waals surface area contributed by atoms with Crippen molar-refractivity contribution in [1.29, 1.82) is 0 Å². The van der Waals surface area contributed by atoms with Gasteiger partial charge in [-0.2, -0.15) is 0 Å². The van der Waals surface area contributed by atoms with Gasteiger partial charge in [0.2, 0.25) is 0 Å². The summed E-state index contributed by atoms with van der Waals surface area (Å²) in [4.78, 5) is 0. The smallest absolute Gasteiger partial charge is 0.126 e. The Bertz CT molecular complexity index is 479. The van der Waals surface area contributed by atoms with E-state index in [9.17, 15) is 5.11 Å². The molecule has 1 aromatic heterocycles. The van der Waals surface area contributed by atoms with Crippen molar-refractivity contribution in [2.45, 2.75) is 12.5 Å². The van der Waals surface area contributed by atoms with Crippen LogP contribution in [0.3, 0.4) is 0 Å². The maximum absolute atomic E-state index is 10.2. The summed E-state index contributed by atoms with van der Waals surface area (Å²) in [6.45, 7) is 0. The minimum absolute atomic E-state index is 0.441. The zero-order valence-electron chi connectivity index (χ0n) is 9.39. The second-order valence-electron chi connectivity index (χ2n) is 3.71. The van der Waals surface area contributed by atoms with Gasteiger partial charge >= 0.3 is 0 Å². The average Bonchev–Trinajstić information content (AvgIpc) is 2.81. The Morgan fingerprint density at radius 1 is 1.41 bits per heavy atom. The van der Waals surface area contributed by atoms with Crippen LogP contribution in [-0.4, -0.2) is 12.2 Å². The van der Waals surface area contributed by atoms with Crippen molar-refractivity contribution in [1.82, 2.24) is 0 Å². The van der Waals surface area contributed by atoms with Crippen molar-refractivity contribution in [3.8, 4) is 5.75 Å². The van der Waals surface area contributed by atoms with E-state index in [2.05, 4.69) is 0 Å². The molecule has 1 atom stereocenters. The highest BCUT2D eigenvalue weighted by Gasteiger charge is 2.17. The number of aliphatic hydroxyl groups is 1. The number of aliphatic hydroxyl groups excluding tert-OH is 1. The lowest BCUT2D eigenvalue weighted by atomic mass is 10.0. The second-order valence-corrected chi connectivity index (χ2v) is 4.11. The topological polar surface area (TPSA) is 42.6 Å². The molecule has 0 aliphatic heterocycles. The van der Waals surface area contributed by atoms with E-state index in [1.807, 2.05) is 6.07 Å². The summed E-state index contributed by atoms with van der Waals surface area (Å²) >= 11 is 6.08. The summed E-state index contributed by atoms with van der Waals surface area (Å²) in [5.74, 6) is 0.591. The molecule has 90 valence electrons. The molecule has 2 aromatic rings. The molecule has 0 aliphatic rings. The molecule has 2 rings (SSSR count). The van der Waals surface area contributed by atoms with Crippen molar-refractivity contribution >= 4 is 11.6 Å². The number of hydrogen-bond donors (Lipinski definition) is 1. The molecule has 1 aromatic carbocycles. The normalized spacial score (nSPS) is 12.4. The van der Waals surface area contributed by atoms with E-state index in [1.54, 1.807) is 37.8 Å². The lowest BCUT2D eigenvalue weighted by Crippen LogP contribution is -2.04. The molecule has 0 spiro atoms. The number of halogens is 1. The molecule has 0 fully saturated rings. The second kappa shape index (κ2) is 5.25. The van der Waals surface area contributed by atoms with Gasteiger partial charge in [-0.1, -0.05) is 17.7 Å². The van der Waals surface area contributed by atoms with Crippen LogP contribution in [0.1, 0.15) is 17.2 Å². The SMILES string of the molecule is COc1cccc(Cl)c1C(O)Cc1ccoc1. The first-order chi connectivity index (χ1) is 8.22. The van der Waals surface area contributed by atoms with E-state index < -0.39 is 6.10 Å². The maximum Gasteiger partial charge on any atom is 0.126 e. The molecule has 0 amide bonds. The standard InChI is InChI=1S/C13H13ClO3/c1-16-12-4-2-3-10(14)13(12)11(15)7-9-5-6-17-8-9/h2-6,8,11,15H,7H2,1H3. The summed E-state index contributed by atoms with van der Waals surface area (Å²) in [5, 5.41) is 10.7. The number of hydrogen-bond acceptors (Lipinski definition) is 3. The van der Waals surface area contributed by atoms with Gasteiger partial charge in [0, 0.05) is 12.0 Å². The van der Waals surface area contributed by atoms with Crippen molar-refractivity contribution < 1.29 is 14.3 Å². The molecule has 0 aliphatic carbocycles. The Balaban J connectivity index is 2.26. The fraction of sp³-hybridized carbons (Fsp3) is 0.231. The van der Waals surface area contributed by atoms with E-state index in [0.717, 1.165) is 5.56 Å². The van der Waals surface area contributed by atoms with Gasteiger partial charge in [0.15, 0.2) is 0 Å². The predicted molar refractivity (Wildman–Crippen MR) is 65.4 cm³/mol.